The van der Waals surface area contributed by atoms with Gasteiger partial charge >= 0.3 is 0 Å². The molecule has 23 heavy (non-hydrogen) atoms. The molecule has 0 bridgehead atoms. The lowest BCUT2D eigenvalue weighted by Crippen LogP contribution is -2.15. The van der Waals surface area contributed by atoms with Crippen LogP contribution in [0.5, 0.6) is 0 Å². The number of aryl methyl sites for hydroxylation is 3. The molecule has 1 amide bonds. The zero-order chi connectivity index (χ0) is 17.2. The maximum Gasteiger partial charge on any atom is 0.263 e. The van der Waals surface area contributed by atoms with Crippen molar-refractivity contribution in [2.75, 3.05) is 10.0 Å². The van der Waals surface area contributed by atoms with E-state index in [4.69, 9.17) is 0 Å². The summed E-state index contributed by atoms with van der Waals surface area (Å²) < 4.78 is 27.8. The fourth-order valence-electron chi connectivity index (χ4n) is 2.13. The average molecular weight is 352 g/mol. The summed E-state index contributed by atoms with van der Waals surface area (Å²) >= 11 is 1.45. The van der Waals surface area contributed by atoms with E-state index in [1.165, 1.54) is 11.3 Å². The maximum atomic E-state index is 12.6. The third-order valence-corrected chi connectivity index (χ3v) is 5.96. The number of benzene rings is 1. The first kappa shape index (κ1) is 17.5. The van der Waals surface area contributed by atoms with Crippen LogP contribution >= 0.6 is 11.3 Å². The number of carbonyl (C=O) groups is 1. The van der Waals surface area contributed by atoms with Gasteiger partial charge in [0.1, 0.15) is 4.90 Å². The lowest BCUT2D eigenvalue weighted by Gasteiger charge is -2.12. The highest BCUT2D eigenvalue weighted by Gasteiger charge is 2.20. The Balaban J connectivity index is 2.33. The van der Waals surface area contributed by atoms with Gasteiger partial charge < -0.3 is 5.32 Å². The lowest BCUT2D eigenvalue weighted by molar-refractivity contribution is -0.115. The Kier molecular flexibility index (Phi) is 5.11. The summed E-state index contributed by atoms with van der Waals surface area (Å²) in [6.07, 6.45) is 0.363. The molecule has 0 radical (unpaired) electrons. The van der Waals surface area contributed by atoms with Crippen LogP contribution in [0.15, 0.2) is 29.2 Å². The van der Waals surface area contributed by atoms with Crippen molar-refractivity contribution in [2.24, 2.45) is 0 Å². The molecular weight excluding hydrogens is 332 g/mol. The van der Waals surface area contributed by atoms with Crippen molar-refractivity contribution in [2.45, 2.75) is 39.0 Å². The smallest absolute Gasteiger partial charge is 0.263 e. The second-order valence-corrected chi connectivity index (χ2v) is 8.43. The van der Waals surface area contributed by atoms with E-state index >= 15 is 0 Å². The molecule has 0 spiro atoms. The van der Waals surface area contributed by atoms with Gasteiger partial charge in [-0.3, -0.25) is 9.52 Å². The van der Waals surface area contributed by atoms with Crippen LogP contribution in [0.3, 0.4) is 0 Å². The average Bonchev–Trinajstić information content (AvgIpc) is 2.82. The number of thiophene rings is 1. The van der Waals surface area contributed by atoms with E-state index in [2.05, 4.69) is 10.0 Å². The molecule has 0 aliphatic carbocycles. The topological polar surface area (TPSA) is 75.3 Å². The standard InChI is InChI=1S/C16H20N2O3S2/c1-5-16(19)17-13-7-6-10(2)14(9-13)18-23(20,21)15-8-11(3)22-12(15)4/h6-9,18H,5H2,1-4H3,(H,17,19). The first-order chi connectivity index (χ1) is 10.7. The molecule has 124 valence electrons. The zero-order valence-corrected chi connectivity index (χ0v) is 15.2. The van der Waals surface area contributed by atoms with Crippen LogP contribution < -0.4 is 10.0 Å². The molecule has 0 saturated heterocycles. The van der Waals surface area contributed by atoms with Crippen molar-refractivity contribution < 1.29 is 13.2 Å². The van der Waals surface area contributed by atoms with Crippen LogP contribution in [0.1, 0.15) is 28.7 Å². The van der Waals surface area contributed by atoms with Gasteiger partial charge in [-0.1, -0.05) is 13.0 Å². The Morgan fingerprint density at radius 1 is 1.17 bits per heavy atom. The highest BCUT2D eigenvalue weighted by Crippen LogP contribution is 2.28. The fourth-order valence-corrected chi connectivity index (χ4v) is 4.81. The predicted molar refractivity (Wildman–Crippen MR) is 94.7 cm³/mol. The number of carbonyl (C=O) groups excluding carboxylic acids is 1. The number of anilines is 2. The Labute approximate surface area is 140 Å². The molecule has 1 aromatic carbocycles. The molecule has 1 heterocycles. The van der Waals surface area contributed by atoms with Gasteiger partial charge in [0.25, 0.3) is 10.0 Å². The summed E-state index contributed by atoms with van der Waals surface area (Å²) in [5, 5.41) is 2.73. The van der Waals surface area contributed by atoms with E-state index in [-0.39, 0.29) is 5.91 Å². The minimum Gasteiger partial charge on any atom is -0.326 e. The third kappa shape index (κ3) is 4.11. The molecule has 0 aliphatic heterocycles. The van der Waals surface area contributed by atoms with E-state index in [0.717, 1.165) is 15.3 Å². The summed E-state index contributed by atoms with van der Waals surface area (Å²) in [4.78, 5) is 13.5. The van der Waals surface area contributed by atoms with Crippen molar-refractivity contribution in [3.05, 3.63) is 39.6 Å². The lowest BCUT2D eigenvalue weighted by atomic mass is 10.2. The molecule has 0 aliphatic rings. The van der Waals surface area contributed by atoms with E-state index in [1.54, 1.807) is 38.1 Å². The molecule has 0 atom stereocenters. The Morgan fingerprint density at radius 3 is 2.43 bits per heavy atom. The molecular formula is C16H20N2O3S2. The van der Waals surface area contributed by atoms with Crippen molar-refractivity contribution >= 4 is 38.6 Å². The zero-order valence-electron chi connectivity index (χ0n) is 13.6. The van der Waals surface area contributed by atoms with Crippen molar-refractivity contribution in [1.29, 1.82) is 0 Å². The fraction of sp³-hybridized carbons (Fsp3) is 0.312. The van der Waals surface area contributed by atoms with Gasteiger partial charge in [-0.25, -0.2) is 8.42 Å². The molecule has 0 fully saturated rings. The molecule has 5 nitrogen and oxygen atoms in total. The Hall–Kier alpha value is -1.86. The highest BCUT2D eigenvalue weighted by atomic mass is 32.2. The minimum atomic E-state index is -3.65. The summed E-state index contributed by atoms with van der Waals surface area (Å²) in [7, 11) is -3.65. The van der Waals surface area contributed by atoms with Crippen molar-refractivity contribution in [3.63, 3.8) is 0 Å². The van der Waals surface area contributed by atoms with Gasteiger partial charge in [-0.2, -0.15) is 0 Å². The molecule has 2 aromatic rings. The van der Waals surface area contributed by atoms with E-state index in [1.807, 2.05) is 13.8 Å². The summed E-state index contributed by atoms with van der Waals surface area (Å²) in [6, 6.07) is 6.82. The molecule has 7 heteroatoms. The SMILES string of the molecule is CCC(=O)Nc1ccc(C)c(NS(=O)(=O)c2cc(C)sc2C)c1. The van der Waals surface area contributed by atoms with E-state index < -0.39 is 10.0 Å². The molecule has 1 aromatic heterocycles. The number of amides is 1. The summed E-state index contributed by atoms with van der Waals surface area (Å²) in [5.41, 5.74) is 1.81. The maximum absolute atomic E-state index is 12.6. The number of rotatable bonds is 5. The second kappa shape index (κ2) is 6.72. The summed E-state index contributed by atoms with van der Waals surface area (Å²) in [5.74, 6) is -0.119. The number of sulfonamides is 1. The minimum absolute atomic E-state index is 0.119. The molecule has 2 N–H and O–H groups in total. The quantitative estimate of drug-likeness (QED) is 0.859. The predicted octanol–water partition coefficient (Wildman–Crippen LogP) is 3.82. The van der Waals surface area contributed by atoms with E-state index in [9.17, 15) is 13.2 Å². The Bertz CT molecular complexity index is 839. The molecule has 0 saturated carbocycles. The largest absolute Gasteiger partial charge is 0.326 e. The first-order valence-corrected chi connectivity index (χ1v) is 9.53. The van der Waals surface area contributed by atoms with Crippen LogP contribution in [0.2, 0.25) is 0 Å². The van der Waals surface area contributed by atoms with Gasteiger partial charge in [0.2, 0.25) is 5.91 Å². The van der Waals surface area contributed by atoms with Gasteiger partial charge in [0.05, 0.1) is 5.69 Å². The number of hydrogen-bond donors (Lipinski definition) is 2. The van der Waals surface area contributed by atoms with E-state index in [0.29, 0.717) is 22.7 Å². The molecule has 2 rings (SSSR count). The van der Waals surface area contributed by atoms with Gasteiger partial charge in [0.15, 0.2) is 0 Å². The van der Waals surface area contributed by atoms with Gasteiger partial charge in [0, 0.05) is 21.9 Å². The van der Waals surface area contributed by atoms with Crippen LogP contribution in [0.25, 0.3) is 0 Å². The Morgan fingerprint density at radius 2 is 1.87 bits per heavy atom. The molecule has 0 unspecified atom stereocenters. The van der Waals surface area contributed by atoms with Crippen LogP contribution in [0, 0.1) is 20.8 Å². The normalized spacial score (nSPS) is 11.3. The monoisotopic (exact) mass is 352 g/mol. The second-order valence-electron chi connectivity index (χ2n) is 5.31. The van der Waals surface area contributed by atoms with Crippen LogP contribution in [-0.2, 0) is 14.8 Å². The van der Waals surface area contributed by atoms with Crippen molar-refractivity contribution in [3.8, 4) is 0 Å². The third-order valence-electron chi connectivity index (χ3n) is 3.37. The van der Waals surface area contributed by atoms with Crippen LogP contribution in [-0.4, -0.2) is 14.3 Å². The number of nitrogens with one attached hydrogen (secondary N) is 2. The van der Waals surface area contributed by atoms with Gasteiger partial charge in [-0.15, -0.1) is 11.3 Å². The van der Waals surface area contributed by atoms with Crippen molar-refractivity contribution in [1.82, 2.24) is 0 Å². The number of hydrogen-bond acceptors (Lipinski definition) is 4. The summed E-state index contributed by atoms with van der Waals surface area (Å²) in [6.45, 7) is 7.24. The van der Waals surface area contributed by atoms with Gasteiger partial charge in [-0.05, 0) is 44.5 Å². The first-order valence-electron chi connectivity index (χ1n) is 7.23. The van der Waals surface area contributed by atoms with Crippen LogP contribution in [0.4, 0.5) is 11.4 Å². The highest BCUT2D eigenvalue weighted by molar-refractivity contribution is 7.93.